The van der Waals surface area contributed by atoms with Crippen molar-refractivity contribution in [3.63, 3.8) is 0 Å². The first-order chi connectivity index (χ1) is 10.6. The van der Waals surface area contributed by atoms with E-state index >= 15 is 0 Å². The van der Waals surface area contributed by atoms with Gasteiger partial charge in [0.05, 0.1) is 0 Å². The van der Waals surface area contributed by atoms with E-state index < -0.39 is 0 Å². The summed E-state index contributed by atoms with van der Waals surface area (Å²) in [6, 6.07) is 16.8. The Bertz CT molecular complexity index is 654. The summed E-state index contributed by atoms with van der Waals surface area (Å²) in [7, 11) is 0. The number of hydrogen-bond donors (Lipinski definition) is 0. The molecule has 2 aromatic rings. The molecule has 0 saturated heterocycles. The van der Waals surface area contributed by atoms with Crippen LogP contribution in [0.2, 0.25) is 0 Å². The fourth-order valence-electron chi connectivity index (χ4n) is 2.11. The molecule has 0 aliphatic rings. The van der Waals surface area contributed by atoms with Gasteiger partial charge < -0.3 is 0 Å². The van der Waals surface area contributed by atoms with Crippen LogP contribution in [-0.2, 0) is 0 Å². The first-order valence-corrected chi connectivity index (χ1v) is 7.78. The van der Waals surface area contributed by atoms with E-state index in [1.54, 1.807) is 0 Å². The van der Waals surface area contributed by atoms with Gasteiger partial charge in [-0.05, 0) is 59.1 Å². The quantitative estimate of drug-likeness (QED) is 0.654. The summed E-state index contributed by atoms with van der Waals surface area (Å²) in [5.74, 6) is 13.1. The van der Waals surface area contributed by atoms with Crippen LogP contribution in [0.3, 0.4) is 0 Å². The topological polar surface area (TPSA) is 0 Å². The van der Waals surface area contributed by atoms with Gasteiger partial charge in [0.1, 0.15) is 0 Å². The largest absolute Gasteiger partial charge is 0.0587 e. The molecule has 2 rings (SSSR count). The molecule has 0 saturated carbocycles. The Morgan fingerprint density at radius 1 is 0.545 bits per heavy atom. The van der Waals surface area contributed by atoms with E-state index in [4.69, 9.17) is 0 Å². The van der Waals surface area contributed by atoms with Gasteiger partial charge in [0, 0.05) is 11.1 Å². The van der Waals surface area contributed by atoms with Gasteiger partial charge in [-0.2, -0.15) is 0 Å². The van der Waals surface area contributed by atoms with Gasteiger partial charge in [0.2, 0.25) is 0 Å². The lowest BCUT2D eigenvalue weighted by Gasteiger charge is -2.03. The summed E-state index contributed by atoms with van der Waals surface area (Å²) in [6.07, 6.45) is 0. The molecule has 110 valence electrons. The van der Waals surface area contributed by atoms with E-state index in [9.17, 15) is 0 Å². The lowest BCUT2D eigenvalue weighted by molar-refractivity contribution is 0.866. The molecular weight excluding hydrogens is 264 g/mol. The Balaban J connectivity index is 2.04. The fraction of sp³-hybridized carbons (Fsp3) is 0.273. The Labute approximate surface area is 134 Å². The van der Waals surface area contributed by atoms with Gasteiger partial charge in [-0.15, -0.1) is 0 Å². The summed E-state index contributed by atoms with van der Waals surface area (Å²) in [5, 5.41) is 0. The van der Waals surface area contributed by atoms with Crippen molar-refractivity contribution >= 4 is 0 Å². The van der Waals surface area contributed by atoms with Gasteiger partial charge in [0.25, 0.3) is 0 Å². The Morgan fingerprint density at radius 2 is 0.864 bits per heavy atom. The zero-order valence-electron chi connectivity index (χ0n) is 13.8. The molecule has 0 nitrogen and oxygen atoms in total. The second-order valence-electron chi connectivity index (χ2n) is 6.05. The number of rotatable bonds is 2. The van der Waals surface area contributed by atoms with Crippen LogP contribution in [-0.4, -0.2) is 0 Å². The molecule has 22 heavy (non-hydrogen) atoms. The molecule has 0 aliphatic heterocycles. The van der Waals surface area contributed by atoms with Crippen LogP contribution in [0, 0.1) is 23.7 Å². The van der Waals surface area contributed by atoms with Gasteiger partial charge in [0.15, 0.2) is 0 Å². The van der Waals surface area contributed by atoms with Gasteiger partial charge in [-0.25, -0.2) is 0 Å². The monoisotopic (exact) mass is 286 g/mol. The molecule has 0 aromatic heterocycles. The van der Waals surface area contributed by atoms with Crippen molar-refractivity contribution in [1.29, 1.82) is 0 Å². The maximum Gasteiger partial charge on any atom is 0.0255 e. The van der Waals surface area contributed by atoms with Crippen LogP contribution in [0.25, 0.3) is 0 Å². The maximum absolute atomic E-state index is 3.09. The van der Waals surface area contributed by atoms with Crippen LogP contribution in [0.15, 0.2) is 48.5 Å². The van der Waals surface area contributed by atoms with Crippen molar-refractivity contribution in [3.8, 4) is 23.7 Å². The van der Waals surface area contributed by atoms with E-state index in [1.807, 2.05) is 0 Å². The van der Waals surface area contributed by atoms with Crippen molar-refractivity contribution in [1.82, 2.24) is 0 Å². The third-order valence-electron chi connectivity index (χ3n) is 3.63. The maximum atomic E-state index is 3.09. The highest BCUT2D eigenvalue weighted by molar-refractivity contribution is 5.45. The van der Waals surface area contributed by atoms with Crippen molar-refractivity contribution in [2.45, 2.75) is 39.5 Å². The van der Waals surface area contributed by atoms with Crippen LogP contribution < -0.4 is 0 Å². The lowest BCUT2D eigenvalue weighted by atomic mass is 10.0. The molecule has 0 atom stereocenters. The molecular formula is C22H22. The summed E-state index contributed by atoms with van der Waals surface area (Å²) < 4.78 is 0. The van der Waals surface area contributed by atoms with Crippen molar-refractivity contribution in [2.24, 2.45) is 0 Å². The predicted molar refractivity (Wildman–Crippen MR) is 94.8 cm³/mol. The second kappa shape index (κ2) is 7.53. The molecule has 0 aliphatic carbocycles. The van der Waals surface area contributed by atoms with Gasteiger partial charge in [-0.1, -0.05) is 63.8 Å². The Morgan fingerprint density at radius 3 is 1.14 bits per heavy atom. The summed E-state index contributed by atoms with van der Waals surface area (Å²) in [6.45, 7) is 8.76. The highest BCUT2D eigenvalue weighted by atomic mass is 14.0. The fourth-order valence-corrected chi connectivity index (χ4v) is 2.11. The Kier molecular flexibility index (Phi) is 5.46. The average Bonchev–Trinajstić information content (AvgIpc) is 2.52. The zero-order chi connectivity index (χ0) is 15.9. The number of benzene rings is 2. The minimum absolute atomic E-state index is 0.551. The SMILES string of the molecule is CC(C)c1ccc(C#CC#Cc2ccc(C(C)C)cc2)cc1. The second-order valence-corrected chi connectivity index (χ2v) is 6.05. The summed E-state index contributed by atoms with van der Waals surface area (Å²) in [5.41, 5.74) is 4.69. The zero-order valence-corrected chi connectivity index (χ0v) is 13.8. The minimum Gasteiger partial charge on any atom is -0.0587 e. The molecule has 0 heterocycles. The van der Waals surface area contributed by atoms with Crippen molar-refractivity contribution in [3.05, 3.63) is 70.8 Å². The first kappa shape index (κ1) is 15.9. The van der Waals surface area contributed by atoms with E-state index in [2.05, 4.69) is 99.9 Å². The molecule has 0 bridgehead atoms. The third-order valence-corrected chi connectivity index (χ3v) is 3.63. The highest BCUT2D eigenvalue weighted by Crippen LogP contribution is 2.15. The van der Waals surface area contributed by atoms with E-state index in [-0.39, 0.29) is 0 Å². The van der Waals surface area contributed by atoms with Gasteiger partial charge >= 0.3 is 0 Å². The molecule has 0 fully saturated rings. The normalized spacial score (nSPS) is 9.91. The molecule has 0 amide bonds. The molecule has 0 unspecified atom stereocenters. The molecule has 0 radical (unpaired) electrons. The van der Waals surface area contributed by atoms with E-state index in [0.717, 1.165) is 11.1 Å². The molecule has 2 aromatic carbocycles. The molecule has 0 heteroatoms. The first-order valence-electron chi connectivity index (χ1n) is 7.78. The van der Waals surface area contributed by atoms with Crippen LogP contribution in [0.4, 0.5) is 0 Å². The molecule has 0 N–H and O–H groups in total. The van der Waals surface area contributed by atoms with Crippen LogP contribution >= 0.6 is 0 Å². The third kappa shape index (κ3) is 4.54. The summed E-state index contributed by atoms with van der Waals surface area (Å²) >= 11 is 0. The smallest absolute Gasteiger partial charge is 0.0255 e. The highest BCUT2D eigenvalue weighted by Gasteiger charge is 1.97. The van der Waals surface area contributed by atoms with E-state index in [1.165, 1.54) is 11.1 Å². The van der Waals surface area contributed by atoms with Crippen molar-refractivity contribution < 1.29 is 0 Å². The predicted octanol–water partition coefficient (Wildman–Crippen LogP) is 5.34. The van der Waals surface area contributed by atoms with Gasteiger partial charge in [-0.3, -0.25) is 0 Å². The Hall–Kier alpha value is -2.44. The average molecular weight is 286 g/mol. The van der Waals surface area contributed by atoms with Crippen LogP contribution in [0.5, 0.6) is 0 Å². The van der Waals surface area contributed by atoms with Crippen LogP contribution in [0.1, 0.15) is 61.8 Å². The lowest BCUT2D eigenvalue weighted by Crippen LogP contribution is -1.86. The molecule has 0 spiro atoms. The van der Waals surface area contributed by atoms with Crippen molar-refractivity contribution in [2.75, 3.05) is 0 Å². The minimum atomic E-state index is 0.551. The standard InChI is InChI=1S/C22H22/c1-17(2)21-13-9-19(10-14-21)7-5-6-8-20-11-15-22(16-12-20)18(3)4/h9-18H,1-4H3. The number of hydrogen-bond acceptors (Lipinski definition) is 0. The summed E-state index contributed by atoms with van der Waals surface area (Å²) in [4.78, 5) is 0. The van der Waals surface area contributed by atoms with E-state index in [0.29, 0.717) is 11.8 Å².